The molecule has 1 aliphatic heterocycles. The number of para-hydroxylation sites is 1. The van der Waals surface area contributed by atoms with Crippen LogP contribution >= 0.6 is 0 Å². The summed E-state index contributed by atoms with van der Waals surface area (Å²) in [5, 5.41) is 0. The van der Waals surface area contributed by atoms with Gasteiger partial charge < -0.3 is 10.6 Å². The molecule has 18 heavy (non-hydrogen) atoms. The molecule has 0 aromatic heterocycles. The first kappa shape index (κ1) is 13.4. The second-order valence-electron chi connectivity index (χ2n) is 4.92. The molecule has 1 aliphatic rings. The van der Waals surface area contributed by atoms with Crippen LogP contribution in [0, 0.1) is 5.92 Å². The van der Waals surface area contributed by atoms with Gasteiger partial charge in [0.25, 0.3) is 0 Å². The monoisotopic (exact) mass is 268 g/mol. The summed E-state index contributed by atoms with van der Waals surface area (Å²) >= 11 is 0. The first-order valence-electron chi connectivity index (χ1n) is 6.28. The number of hydrogen-bond acceptors (Lipinski definition) is 4. The smallest absolute Gasteiger partial charge is 0.180 e. The fourth-order valence-corrected chi connectivity index (χ4v) is 3.44. The molecule has 2 atom stereocenters. The average molecular weight is 268 g/mol. The Morgan fingerprint density at radius 1 is 1.33 bits per heavy atom. The summed E-state index contributed by atoms with van der Waals surface area (Å²) in [6.45, 7) is 5.31. The van der Waals surface area contributed by atoms with Crippen LogP contribution in [-0.4, -0.2) is 33.3 Å². The SMILES string of the molecule is CCS(=O)(=O)c1ccccc1N1CC(C)C(N)C1. The fraction of sp³-hybridized carbons (Fsp3) is 0.538. The van der Waals surface area contributed by atoms with E-state index in [1.165, 1.54) is 0 Å². The van der Waals surface area contributed by atoms with E-state index in [1.807, 2.05) is 12.1 Å². The van der Waals surface area contributed by atoms with Crippen LogP contribution in [0.4, 0.5) is 5.69 Å². The zero-order chi connectivity index (χ0) is 13.3. The number of hydrogen-bond donors (Lipinski definition) is 1. The Morgan fingerprint density at radius 2 is 2.00 bits per heavy atom. The van der Waals surface area contributed by atoms with Crippen molar-refractivity contribution in [2.45, 2.75) is 24.8 Å². The summed E-state index contributed by atoms with van der Waals surface area (Å²) in [6, 6.07) is 7.31. The molecule has 0 amide bonds. The van der Waals surface area contributed by atoms with E-state index in [0.29, 0.717) is 10.8 Å². The van der Waals surface area contributed by atoms with Gasteiger partial charge in [-0.3, -0.25) is 0 Å². The minimum absolute atomic E-state index is 0.113. The molecule has 1 fully saturated rings. The molecule has 1 aromatic rings. The van der Waals surface area contributed by atoms with Gasteiger partial charge in [-0.2, -0.15) is 0 Å². The Kier molecular flexibility index (Phi) is 3.64. The highest BCUT2D eigenvalue weighted by molar-refractivity contribution is 7.91. The van der Waals surface area contributed by atoms with Crippen molar-refractivity contribution < 1.29 is 8.42 Å². The number of rotatable bonds is 3. The number of nitrogens with two attached hydrogens (primary N) is 1. The van der Waals surface area contributed by atoms with Gasteiger partial charge in [-0.25, -0.2) is 8.42 Å². The molecule has 0 saturated carbocycles. The van der Waals surface area contributed by atoms with Gasteiger partial charge in [-0.1, -0.05) is 26.0 Å². The maximum absolute atomic E-state index is 12.1. The van der Waals surface area contributed by atoms with Gasteiger partial charge in [0.2, 0.25) is 0 Å². The molecule has 0 aliphatic carbocycles. The van der Waals surface area contributed by atoms with Crippen molar-refractivity contribution in [2.75, 3.05) is 23.7 Å². The van der Waals surface area contributed by atoms with Gasteiger partial charge in [0.15, 0.2) is 9.84 Å². The summed E-state index contributed by atoms with van der Waals surface area (Å²) in [5.41, 5.74) is 6.80. The summed E-state index contributed by atoms with van der Waals surface area (Å²) in [6.07, 6.45) is 0. The number of anilines is 1. The predicted molar refractivity (Wildman–Crippen MR) is 73.5 cm³/mol. The van der Waals surface area contributed by atoms with E-state index in [1.54, 1.807) is 19.1 Å². The standard InChI is InChI=1S/C13H20N2O2S/c1-3-18(16,17)13-7-5-4-6-12(13)15-8-10(2)11(14)9-15/h4-7,10-11H,3,8-9,14H2,1-2H3. The van der Waals surface area contributed by atoms with Crippen molar-refractivity contribution in [1.82, 2.24) is 0 Å². The van der Waals surface area contributed by atoms with Crippen LogP contribution < -0.4 is 10.6 Å². The minimum atomic E-state index is -3.18. The first-order chi connectivity index (χ1) is 8.45. The van der Waals surface area contributed by atoms with Crippen LogP contribution in [0.3, 0.4) is 0 Å². The quantitative estimate of drug-likeness (QED) is 0.896. The highest BCUT2D eigenvalue weighted by atomic mass is 32.2. The second-order valence-corrected chi connectivity index (χ2v) is 7.16. The molecule has 1 aromatic carbocycles. The summed E-state index contributed by atoms with van der Waals surface area (Å²) in [4.78, 5) is 2.51. The molecule has 2 unspecified atom stereocenters. The van der Waals surface area contributed by atoms with Gasteiger partial charge >= 0.3 is 0 Å². The van der Waals surface area contributed by atoms with Crippen molar-refractivity contribution >= 4 is 15.5 Å². The van der Waals surface area contributed by atoms with Crippen LogP contribution in [0.2, 0.25) is 0 Å². The third-order valence-electron chi connectivity index (χ3n) is 3.59. The highest BCUT2D eigenvalue weighted by Gasteiger charge is 2.29. The van der Waals surface area contributed by atoms with Crippen LogP contribution in [0.15, 0.2) is 29.2 Å². The number of sulfone groups is 1. The normalized spacial score (nSPS) is 24.5. The molecule has 100 valence electrons. The zero-order valence-corrected chi connectivity index (χ0v) is 11.7. The van der Waals surface area contributed by atoms with E-state index in [9.17, 15) is 8.42 Å². The molecular weight excluding hydrogens is 248 g/mol. The van der Waals surface area contributed by atoms with Crippen molar-refractivity contribution in [1.29, 1.82) is 0 Å². The van der Waals surface area contributed by atoms with Gasteiger partial charge in [0.1, 0.15) is 0 Å². The Hall–Kier alpha value is -1.07. The van der Waals surface area contributed by atoms with Crippen LogP contribution in [-0.2, 0) is 9.84 Å². The molecule has 2 N–H and O–H groups in total. The lowest BCUT2D eigenvalue weighted by Gasteiger charge is -2.21. The Balaban J connectivity index is 2.41. The molecule has 0 bridgehead atoms. The second kappa shape index (κ2) is 4.90. The maximum Gasteiger partial charge on any atom is 0.180 e. The molecule has 0 radical (unpaired) electrons. The maximum atomic E-state index is 12.1. The molecule has 1 saturated heterocycles. The number of nitrogens with zero attached hydrogens (tertiary/aromatic N) is 1. The van der Waals surface area contributed by atoms with Gasteiger partial charge in [0, 0.05) is 19.1 Å². The van der Waals surface area contributed by atoms with Gasteiger partial charge in [0.05, 0.1) is 16.3 Å². The van der Waals surface area contributed by atoms with Crippen LogP contribution in [0.1, 0.15) is 13.8 Å². The Bertz CT molecular complexity index is 518. The molecule has 0 spiro atoms. The minimum Gasteiger partial charge on any atom is -0.369 e. The molecular formula is C13H20N2O2S. The molecule has 4 nitrogen and oxygen atoms in total. The molecule has 5 heteroatoms. The Morgan fingerprint density at radius 3 is 2.56 bits per heavy atom. The van der Waals surface area contributed by atoms with Crippen LogP contribution in [0.5, 0.6) is 0 Å². The largest absolute Gasteiger partial charge is 0.369 e. The molecule has 2 rings (SSSR count). The first-order valence-corrected chi connectivity index (χ1v) is 7.93. The van der Waals surface area contributed by atoms with Crippen molar-refractivity contribution in [3.8, 4) is 0 Å². The average Bonchev–Trinajstić information content (AvgIpc) is 2.69. The predicted octanol–water partition coefficient (Wildman–Crippen LogP) is 1.26. The van der Waals surface area contributed by atoms with E-state index in [2.05, 4.69) is 11.8 Å². The van der Waals surface area contributed by atoms with E-state index < -0.39 is 9.84 Å². The lowest BCUT2D eigenvalue weighted by Crippen LogP contribution is -2.29. The van der Waals surface area contributed by atoms with Crippen molar-refractivity contribution in [3.63, 3.8) is 0 Å². The third kappa shape index (κ3) is 2.37. The number of benzene rings is 1. The summed E-state index contributed by atoms with van der Waals surface area (Å²) in [7, 11) is -3.18. The lowest BCUT2D eigenvalue weighted by atomic mass is 10.1. The van der Waals surface area contributed by atoms with Crippen LogP contribution in [0.25, 0.3) is 0 Å². The van der Waals surface area contributed by atoms with Gasteiger partial charge in [-0.15, -0.1) is 0 Å². The third-order valence-corrected chi connectivity index (χ3v) is 5.37. The summed E-state index contributed by atoms with van der Waals surface area (Å²) < 4.78 is 24.2. The fourth-order valence-electron chi connectivity index (χ4n) is 2.33. The van der Waals surface area contributed by atoms with E-state index >= 15 is 0 Å². The van der Waals surface area contributed by atoms with Crippen molar-refractivity contribution in [2.24, 2.45) is 11.7 Å². The Labute approximate surface area is 109 Å². The van der Waals surface area contributed by atoms with E-state index in [0.717, 1.165) is 18.8 Å². The topological polar surface area (TPSA) is 63.4 Å². The van der Waals surface area contributed by atoms with Crippen molar-refractivity contribution in [3.05, 3.63) is 24.3 Å². The van der Waals surface area contributed by atoms with Gasteiger partial charge in [-0.05, 0) is 18.1 Å². The highest BCUT2D eigenvalue weighted by Crippen LogP contribution is 2.29. The zero-order valence-electron chi connectivity index (χ0n) is 10.8. The summed E-state index contributed by atoms with van der Waals surface area (Å²) in [5.74, 6) is 0.516. The lowest BCUT2D eigenvalue weighted by molar-refractivity contribution is 0.566. The van der Waals surface area contributed by atoms with E-state index in [-0.39, 0.29) is 11.8 Å². The molecule has 1 heterocycles. The van der Waals surface area contributed by atoms with E-state index in [4.69, 9.17) is 5.73 Å².